The number of phenols is 2. The van der Waals surface area contributed by atoms with Crippen molar-refractivity contribution in [3.63, 3.8) is 0 Å². The highest BCUT2D eigenvalue weighted by atomic mass is 35.5. The predicted octanol–water partition coefficient (Wildman–Crippen LogP) is 7.18. The minimum absolute atomic E-state index is 0. The molecule has 54 heavy (non-hydrogen) atoms. The van der Waals surface area contributed by atoms with Crippen LogP contribution in [0.3, 0.4) is 0 Å². The van der Waals surface area contributed by atoms with Gasteiger partial charge in [-0.2, -0.15) is 0 Å². The van der Waals surface area contributed by atoms with Crippen molar-refractivity contribution in [2.45, 2.75) is 89.9 Å². The lowest BCUT2D eigenvalue weighted by molar-refractivity contribution is 0.0197. The number of carbonyl (C=O) groups excluding carboxylic acids is 1. The highest BCUT2D eigenvalue weighted by Gasteiger charge is 2.31. The van der Waals surface area contributed by atoms with Crippen molar-refractivity contribution in [2.24, 2.45) is 0 Å². The lowest BCUT2D eigenvalue weighted by Gasteiger charge is -2.35. The number of amides is 1. The van der Waals surface area contributed by atoms with Crippen LogP contribution in [0, 0.1) is 0 Å². The second kappa shape index (κ2) is 18.1. The number of para-hydroxylation sites is 2. The molecule has 4 aromatic rings. The zero-order chi connectivity index (χ0) is 38.4. The average Bonchev–Trinajstić information content (AvgIpc) is 3.11. The fourth-order valence-electron chi connectivity index (χ4n) is 7.27. The molecule has 9 N–H and O–H groups in total. The Bertz CT molecular complexity index is 1890. The summed E-state index contributed by atoms with van der Waals surface area (Å²) in [7, 11) is 0. The Kier molecular flexibility index (Phi) is 14.2. The fraction of sp³-hybridized carbons (Fsp3) is 0.439. The first-order valence-corrected chi connectivity index (χ1v) is 18.4. The topological polar surface area (TPSA) is 200 Å². The number of rotatable bonds is 6. The van der Waals surface area contributed by atoms with Crippen molar-refractivity contribution >= 4 is 30.1 Å². The number of benzene rings is 2. The van der Waals surface area contributed by atoms with Crippen LogP contribution in [-0.4, -0.2) is 73.2 Å². The highest BCUT2D eigenvalue weighted by molar-refractivity contribution is 5.85. The number of aliphatic hydroxyl groups is 2. The number of phenolic OH excluding ortho intramolecular Hbond substituents is 2. The van der Waals surface area contributed by atoms with Gasteiger partial charge in [0.25, 0.3) is 0 Å². The Morgan fingerprint density at radius 1 is 0.833 bits per heavy atom. The summed E-state index contributed by atoms with van der Waals surface area (Å²) in [5.74, 6) is 1.13. The van der Waals surface area contributed by atoms with E-state index in [1.165, 1.54) is 0 Å². The highest BCUT2D eigenvalue weighted by Crippen LogP contribution is 2.40. The number of piperidine rings is 2. The molecule has 12 nitrogen and oxygen atoms in total. The molecule has 2 aromatic carbocycles. The first-order valence-electron chi connectivity index (χ1n) is 18.4. The Morgan fingerprint density at radius 3 is 1.76 bits per heavy atom. The zero-order valence-electron chi connectivity index (χ0n) is 31.7. The molecule has 0 spiro atoms. The van der Waals surface area contributed by atoms with Crippen LogP contribution in [0.2, 0.25) is 0 Å². The van der Waals surface area contributed by atoms with Gasteiger partial charge in [0.1, 0.15) is 28.7 Å². The molecule has 2 fully saturated rings. The third-order valence-electron chi connectivity index (χ3n) is 9.69. The smallest absolute Gasteiger partial charge is 0.410 e. The van der Waals surface area contributed by atoms with Crippen LogP contribution in [-0.2, 0) is 4.74 Å². The molecule has 6 rings (SSSR count). The molecule has 0 aliphatic carbocycles. The summed E-state index contributed by atoms with van der Waals surface area (Å²) in [5.41, 5.74) is 17.4. The largest absolute Gasteiger partial charge is 0.507 e. The molecule has 4 atom stereocenters. The number of hydrogen-bond acceptors (Lipinski definition) is 11. The summed E-state index contributed by atoms with van der Waals surface area (Å²) >= 11 is 0. The zero-order valence-corrected chi connectivity index (χ0v) is 32.6. The van der Waals surface area contributed by atoms with Crippen LogP contribution in [0.4, 0.5) is 16.4 Å². The first-order chi connectivity index (χ1) is 25.1. The summed E-state index contributed by atoms with van der Waals surface area (Å²) in [5, 5.41) is 44.3. The van der Waals surface area contributed by atoms with Crippen molar-refractivity contribution < 1.29 is 30.0 Å². The summed E-state index contributed by atoms with van der Waals surface area (Å²) in [6.07, 6.45) is 2.00. The molecule has 2 aromatic heterocycles. The molecular weight excluding hydrogens is 708 g/mol. The van der Waals surface area contributed by atoms with Gasteiger partial charge >= 0.3 is 6.09 Å². The molecule has 292 valence electrons. The van der Waals surface area contributed by atoms with Gasteiger partial charge in [-0.1, -0.05) is 24.3 Å². The van der Waals surface area contributed by atoms with Crippen LogP contribution < -0.4 is 16.8 Å². The summed E-state index contributed by atoms with van der Waals surface area (Å²) in [6, 6.07) is 17.9. The molecule has 4 heterocycles. The molecule has 0 bridgehead atoms. The monoisotopic (exact) mass is 762 g/mol. The average molecular weight is 763 g/mol. The van der Waals surface area contributed by atoms with Gasteiger partial charge in [-0.25, -0.2) is 14.8 Å². The Labute approximate surface area is 324 Å². The summed E-state index contributed by atoms with van der Waals surface area (Å²) < 4.78 is 5.54. The number of likely N-dealkylation sites (tertiary alicyclic amines) is 1. The maximum Gasteiger partial charge on any atom is 0.410 e. The maximum atomic E-state index is 12.6. The number of aromatic hydroxyl groups is 2. The Balaban J connectivity index is 0.000000244. The van der Waals surface area contributed by atoms with Crippen molar-refractivity contribution in [3.05, 3.63) is 82.9 Å². The standard InChI is InChI=1S/C23H31N3O4.C18H23N3O2.ClH/c1-14(27)20-17(12-18(25-21(20)24)16-9-5-6-10-19(16)28)15-8-7-11-26(13-15)22(29)30-23(2,3)4;1-11(22)17-14(12-5-4-8-20-10-12)9-15(21-18(17)19)13-6-2-3-7-16(13)23;/h5-6,9-10,12,14-15,27-28H,7-8,11,13H2,1-4H3,(H2,24,25);2-3,6-7,9,11-12,20,22-23H,4-5,8,10H2,1H3,(H2,19,21);1H. The SMILES string of the molecule is CC(O)c1c(C2CCCN(C(=O)OC(C)(C)C)C2)cc(-c2ccccc2O)nc1N.CC(O)c1c(C2CCCNC2)cc(-c2ccccc2O)nc1N.Cl. The number of nitrogens with two attached hydrogens (primary N) is 2. The van der Waals surface area contributed by atoms with E-state index in [2.05, 4.69) is 15.3 Å². The number of aliphatic hydroxyl groups excluding tert-OH is 2. The number of nitrogens with one attached hydrogen (secondary N) is 1. The number of hydrogen-bond donors (Lipinski definition) is 7. The van der Waals surface area contributed by atoms with E-state index in [1.807, 2.05) is 51.1 Å². The van der Waals surface area contributed by atoms with Crippen LogP contribution in [0.5, 0.6) is 11.5 Å². The van der Waals surface area contributed by atoms with Crippen LogP contribution in [0.25, 0.3) is 22.5 Å². The van der Waals surface area contributed by atoms with Gasteiger partial charge in [0.15, 0.2) is 0 Å². The molecule has 4 unspecified atom stereocenters. The number of pyridine rings is 2. The van der Waals surface area contributed by atoms with E-state index >= 15 is 0 Å². The van der Waals surface area contributed by atoms with Crippen LogP contribution in [0.15, 0.2) is 60.7 Å². The van der Waals surface area contributed by atoms with Gasteiger partial charge < -0.3 is 46.8 Å². The molecule has 2 aliphatic heterocycles. The number of nitrogen functional groups attached to an aromatic ring is 2. The van der Waals surface area contributed by atoms with Gasteiger partial charge in [0.05, 0.1) is 23.6 Å². The number of ether oxygens (including phenoxy) is 1. The predicted molar refractivity (Wildman–Crippen MR) is 215 cm³/mol. The lowest BCUT2D eigenvalue weighted by atomic mass is 9.85. The van der Waals surface area contributed by atoms with E-state index < -0.39 is 17.8 Å². The van der Waals surface area contributed by atoms with Gasteiger partial charge in [-0.15, -0.1) is 12.4 Å². The summed E-state index contributed by atoms with van der Waals surface area (Å²) in [6.45, 7) is 11.9. The molecule has 2 saturated heterocycles. The number of aromatic nitrogens is 2. The van der Waals surface area contributed by atoms with Crippen molar-refractivity contribution in [1.82, 2.24) is 20.2 Å². The van der Waals surface area contributed by atoms with E-state index in [1.54, 1.807) is 49.1 Å². The lowest BCUT2D eigenvalue weighted by Crippen LogP contribution is -2.42. The van der Waals surface area contributed by atoms with Crippen LogP contribution >= 0.6 is 12.4 Å². The van der Waals surface area contributed by atoms with E-state index in [9.17, 15) is 25.2 Å². The fourth-order valence-corrected chi connectivity index (χ4v) is 7.27. The van der Waals surface area contributed by atoms with Crippen LogP contribution in [0.1, 0.15) is 107 Å². The van der Waals surface area contributed by atoms with E-state index in [0.717, 1.165) is 49.9 Å². The Morgan fingerprint density at radius 2 is 1.31 bits per heavy atom. The number of halogens is 1. The molecule has 0 saturated carbocycles. The van der Waals surface area contributed by atoms with Crippen molar-refractivity contribution in [3.8, 4) is 34.0 Å². The second-order valence-electron chi connectivity index (χ2n) is 15.0. The number of carbonyl (C=O) groups is 1. The second-order valence-corrected chi connectivity index (χ2v) is 15.0. The maximum absolute atomic E-state index is 12.6. The van der Waals surface area contributed by atoms with Crippen molar-refractivity contribution in [2.75, 3.05) is 37.6 Å². The quantitative estimate of drug-likeness (QED) is 0.105. The van der Waals surface area contributed by atoms with Gasteiger partial charge in [-0.3, -0.25) is 0 Å². The normalized spacial score (nSPS) is 18.4. The number of nitrogens with zero attached hydrogens (tertiary/aromatic N) is 3. The molecular formula is C41H55ClN6O6. The third kappa shape index (κ3) is 10.1. The van der Waals surface area contributed by atoms with E-state index in [0.29, 0.717) is 58.5 Å². The van der Waals surface area contributed by atoms with Gasteiger partial charge in [-0.05, 0) is 120 Å². The van der Waals surface area contributed by atoms with Gasteiger partial charge in [0.2, 0.25) is 0 Å². The molecule has 0 radical (unpaired) electrons. The first kappa shape index (κ1) is 42.1. The van der Waals surface area contributed by atoms with E-state index in [-0.39, 0.29) is 41.7 Å². The minimum atomic E-state index is -0.803. The number of anilines is 2. The molecule has 13 heteroatoms. The van der Waals surface area contributed by atoms with E-state index in [4.69, 9.17) is 16.2 Å². The third-order valence-corrected chi connectivity index (χ3v) is 9.69. The Hall–Kier alpha value is -4.62. The van der Waals surface area contributed by atoms with Crippen molar-refractivity contribution in [1.29, 1.82) is 0 Å². The minimum Gasteiger partial charge on any atom is -0.507 e. The molecule has 2 aliphatic rings. The molecule has 1 amide bonds. The van der Waals surface area contributed by atoms with Gasteiger partial charge in [0, 0.05) is 47.8 Å². The summed E-state index contributed by atoms with van der Waals surface area (Å²) in [4.78, 5) is 23.2.